The molecular weight excluding hydrogens is 1280 g/mol. The van der Waals surface area contributed by atoms with Crippen molar-refractivity contribution in [2.24, 2.45) is 0 Å². The fourth-order valence-electron chi connectivity index (χ4n) is 14.2. The van der Waals surface area contributed by atoms with Crippen molar-refractivity contribution in [1.29, 1.82) is 0 Å². The maximum Gasteiger partial charge on any atom is 0.364 e. The smallest absolute Gasteiger partial charge is 0.364 e. The lowest BCUT2D eigenvalue weighted by molar-refractivity contribution is -0.386. The van der Waals surface area contributed by atoms with Gasteiger partial charge in [0.2, 0.25) is 11.8 Å². The van der Waals surface area contributed by atoms with Crippen molar-refractivity contribution < 1.29 is 104 Å². The Hall–Kier alpha value is -2.27. The van der Waals surface area contributed by atoms with E-state index in [0.717, 1.165) is 51.9 Å². The van der Waals surface area contributed by atoms with E-state index in [1.54, 1.807) is 0 Å². The van der Waals surface area contributed by atoms with Gasteiger partial charge in [-0.15, -0.1) is 0 Å². The first-order valence-electron chi connectivity index (χ1n) is 39.9. The number of amides is 2. The molecule has 99 heavy (non-hydrogen) atoms. The molecular formula is C76H144N2O21. The van der Waals surface area contributed by atoms with Crippen LogP contribution in [-0.4, -0.2) is 215 Å². The van der Waals surface area contributed by atoms with Gasteiger partial charge >= 0.3 is 5.97 Å². The number of carbonyl (C=O) groups excluding carboxylic acids is 2. The Morgan fingerprint density at radius 2 is 0.879 bits per heavy atom. The molecule has 18 atom stereocenters. The molecule has 3 fully saturated rings. The maximum absolute atomic E-state index is 13.6. The summed E-state index contributed by atoms with van der Waals surface area (Å²) in [6.45, 7) is 2.27. The van der Waals surface area contributed by atoms with Crippen molar-refractivity contribution in [2.75, 3.05) is 26.4 Å². The predicted molar refractivity (Wildman–Crippen MR) is 380 cm³/mol. The lowest BCUT2D eigenvalue weighted by Gasteiger charge is -2.50. The first-order chi connectivity index (χ1) is 47.9. The Balaban J connectivity index is 1.52. The average molecular weight is 1420 g/mol. The SMILES string of the molecule is CCCCCCCCCCCCCCCCCCCCCCCCCC(O)C(COC1OC(CO)C(OC2OC(CO)C(O)C(OC3(C(=O)O)CC(O)C(NC(C)=O)C(C(O)C(O)CO)O3)C2O)C(O)C1O)NC(=O)CCCCCCCCCCCCCCCCCCCCCCCC. The van der Waals surface area contributed by atoms with Gasteiger partial charge < -0.3 is 100 Å². The van der Waals surface area contributed by atoms with Crippen molar-refractivity contribution in [2.45, 2.75) is 439 Å². The van der Waals surface area contributed by atoms with Crippen molar-refractivity contribution in [3.8, 4) is 0 Å². The van der Waals surface area contributed by atoms with E-state index in [4.69, 9.17) is 28.4 Å². The Morgan fingerprint density at radius 1 is 0.485 bits per heavy atom. The minimum atomic E-state index is -3.08. The van der Waals surface area contributed by atoms with Gasteiger partial charge in [0.25, 0.3) is 5.79 Å². The van der Waals surface area contributed by atoms with Crippen molar-refractivity contribution in [1.82, 2.24) is 10.6 Å². The lowest BCUT2D eigenvalue weighted by atomic mass is 9.88. The summed E-state index contributed by atoms with van der Waals surface area (Å²) < 4.78 is 35.0. The van der Waals surface area contributed by atoms with Crippen LogP contribution in [0.3, 0.4) is 0 Å². The van der Waals surface area contributed by atoms with Crippen molar-refractivity contribution in [3.05, 3.63) is 0 Å². The normalized spacial score (nSPS) is 27.0. The minimum absolute atomic E-state index is 0.230. The van der Waals surface area contributed by atoms with Crippen LogP contribution in [0.2, 0.25) is 0 Å². The van der Waals surface area contributed by atoms with Gasteiger partial charge in [-0.3, -0.25) is 9.59 Å². The van der Waals surface area contributed by atoms with Crippen LogP contribution in [-0.2, 0) is 42.8 Å². The van der Waals surface area contributed by atoms with Gasteiger partial charge in [0.15, 0.2) is 12.6 Å². The summed E-state index contributed by atoms with van der Waals surface area (Å²) in [5, 5.41) is 137. The molecule has 23 heteroatoms. The molecule has 0 bridgehead atoms. The van der Waals surface area contributed by atoms with E-state index < -0.39 is 148 Å². The number of hydrogen-bond donors (Lipinski definition) is 14. The van der Waals surface area contributed by atoms with Crippen LogP contribution in [0.1, 0.15) is 329 Å². The van der Waals surface area contributed by atoms with Gasteiger partial charge in [-0.1, -0.05) is 296 Å². The van der Waals surface area contributed by atoms with E-state index in [2.05, 4.69) is 24.5 Å². The third kappa shape index (κ3) is 37.0. The monoisotopic (exact) mass is 1420 g/mol. The highest BCUT2D eigenvalue weighted by molar-refractivity contribution is 5.77. The summed E-state index contributed by atoms with van der Waals surface area (Å²) in [7, 11) is 0. The van der Waals surface area contributed by atoms with Crippen LogP contribution in [0.5, 0.6) is 0 Å². The van der Waals surface area contributed by atoms with E-state index in [-0.39, 0.29) is 18.9 Å². The molecule has 0 aliphatic carbocycles. The number of rotatable bonds is 63. The third-order valence-electron chi connectivity index (χ3n) is 20.6. The van der Waals surface area contributed by atoms with E-state index >= 15 is 0 Å². The van der Waals surface area contributed by atoms with Crippen LogP contribution >= 0.6 is 0 Å². The molecule has 0 radical (unpaired) electrons. The summed E-state index contributed by atoms with van der Waals surface area (Å²) in [4.78, 5) is 38.7. The van der Waals surface area contributed by atoms with Gasteiger partial charge in [-0.2, -0.15) is 0 Å². The largest absolute Gasteiger partial charge is 0.477 e. The standard InChI is InChI=1S/C76H144N2O21/c1-4-6-8-10-12-14-16-18-20-22-24-26-28-29-31-33-35-37-39-41-43-45-47-49-58(83)57(78-63(86)50-48-46-44-42-40-38-36-34-32-30-27-25-23-21-19-17-15-13-11-9-7-5-2)55-94-73-68(90)67(89)70(62(54-81)96-73)97-74-69(91)72(66(88)61(53-80)95-74)99-76(75(92)93)51-59(84)64(77-56(3)82)71(98-76)65(87)60(85)52-79/h57-62,64-74,79-81,83-85,87-91H,4-55H2,1-3H3,(H,77,82)(H,78,86)(H,92,93). The number of carboxylic acid groups (broad SMARTS) is 1. The number of aliphatic hydroxyl groups excluding tert-OH is 11. The molecule has 0 spiro atoms. The summed E-state index contributed by atoms with van der Waals surface area (Å²) in [6.07, 6.45) is 28.0. The second-order valence-corrected chi connectivity index (χ2v) is 29.3. The fourth-order valence-corrected chi connectivity index (χ4v) is 14.2. The van der Waals surface area contributed by atoms with Crippen LogP contribution in [0.25, 0.3) is 0 Å². The third-order valence-corrected chi connectivity index (χ3v) is 20.6. The van der Waals surface area contributed by atoms with Crippen molar-refractivity contribution >= 4 is 17.8 Å². The zero-order chi connectivity index (χ0) is 72.5. The van der Waals surface area contributed by atoms with Gasteiger partial charge in [0, 0.05) is 19.8 Å². The van der Waals surface area contributed by atoms with Gasteiger partial charge in [0.05, 0.1) is 50.7 Å². The molecule has 584 valence electrons. The highest BCUT2D eigenvalue weighted by atomic mass is 16.8. The van der Waals surface area contributed by atoms with Crippen LogP contribution in [0, 0.1) is 0 Å². The molecule has 3 saturated heterocycles. The molecule has 0 aromatic heterocycles. The van der Waals surface area contributed by atoms with E-state index in [1.165, 1.54) is 231 Å². The molecule has 18 unspecified atom stereocenters. The lowest BCUT2D eigenvalue weighted by Crippen LogP contribution is -2.70. The highest BCUT2D eigenvalue weighted by Gasteiger charge is 2.60. The Morgan fingerprint density at radius 3 is 1.26 bits per heavy atom. The molecule has 3 aliphatic heterocycles. The van der Waals surface area contributed by atoms with Gasteiger partial charge in [-0.05, 0) is 12.8 Å². The van der Waals surface area contributed by atoms with E-state index in [9.17, 15) is 75.7 Å². The van der Waals surface area contributed by atoms with Crippen LogP contribution in [0.15, 0.2) is 0 Å². The molecule has 0 aromatic carbocycles. The van der Waals surface area contributed by atoms with Gasteiger partial charge in [0.1, 0.15) is 67.1 Å². The second-order valence-electron chi connectivity index (χ2n) is 29.3. The quantitative estimate of drug-likeness (QED) is 0.0252. The number of aliphatic carboxylic acids is 1. The summed E-state index contributed by atoms with van der Waals surface area (Å²) in [5.41, 5.74) is 0. The number of ether oxygens (including phenoxy) is 6. The first kappa shape index (κ1) is 90.9. The molecule has 14 N–H and O–H groups in total. The van der Waals surface area contributed by atoms with Crippen LogP contribution in [0.4, 0.5) is 0 Å². The molecule has 0 saturated carbocycles. The molecule has 2 amide bonds. The molecule has 3 aliphatic rings. The molecule has 0 aromatic rings. The average Bonchev–Trinajstić information content (AvgIpc) is 0.750. The number of nitrogens with one attached hydrogen (secondary N) is 2. The first-order valence-corrected chi connectivity index (χ1v) is 39.9. The number of aliphatic hydroxyl groups is 11. The Labute approximate surface area is 595 Å². The number of carboxylic acids is 1. The second kappa shape index (κ2) is 56.1. The predicted octanol–water partition coefficient (Wildman–Crippen LogP) is 10.0. The number of hydrogen-bond acceptors (Lipinski definition) is 20. The summed E-state index contributed by atoms with van der Waals surface area (Å²) >= 11 is 0. The maximum atomic E-state index is 13.6. The Kier molecular flexibility index (Phi) is 51.5. The van der Waals surface area contributed by atoms with E-state index in [1.807, 2.05) is 0 Å². The Bertz CT molecular complexity index is 1980. The van der Waals surface area contributed by atoms with Crippen molar-refractivity contribution in [3.63, 3.8) is 0 Å². The zero-order valence-corrected chi connectivity index (χ0v) is 61.6. The summed E-state index contributed by atoms with van der Waals surface area (Å²) in [5.74, 6) is -6.09. The highest BCUT2D eigenvalue weighted by Crippen LogP contribution is 2.39. The number of carbonyl (C=O) groups is 3. The molecule has 3 heterocycles. The minimum Gasteiger partial charge on any atom is -0.477 e. The topological polar surface area (TPSA) is 373 Å². The molecule has 23 nitrogen and oxygen atoms in total. The van der Waals surface area contributed by atoms with Gasteiger partial charge in [-0.25, -0.2) is 4.79 Å². The summed E-state index contributed by atoms with van der Waals surface area (Å²) in [6, 6.07) is -2.53. The fraction of sp³-hybridized carbons (Fsp3) is 0.961. The van der Waals surface area contributed by atoms with E-state index in [0.29, 0.717) is 19.3 Å². The zero-order valence-electron chi connectivity index (χ0n) is 61.6. The molecule has 3 rings (SSSR count). The van der Waals surface area contributed by atoms with Crippen LogP contribution < -0.4 is 10.6 Å². The number of unbranched alkanes of at least 4 members (excludes halogenated alkanes) is 43.